The average Bonchev–Trinajstić information content (AvgIpc) is 3.70. The third-order valence-corrected chi connectivity index (χ3v) is 9.80. The fourth-order valence-electron chi connectivity index (χ4n) is 7.77. The van der Waals surface area contributed by atoms with Crippen LogP contribution in [0.5, 0.6) is 0 Å². The second-order valence-corrected chi connectivity index (χ2v) is 12.7. The van der Waals surface area contributed by atoms with Crippen LogP contribution in [0.25, 0.3) is 27.9 Å². The molecule has 0 unspecified atom stereocenters. The molecule has 0 amide bonds. The Kier molecular flexibility index (Phi) is 6.93. The number of anilines is 6. The first-order chi connectivity index (χ1) is 23.6. The number of rotatable bonds is 3. The number of hydrogen-bond acceptors (Lipinski definition) is 4. The number of aryl methyl sites for hydroxylation is 2. The van der Waals surface area contributed by atoms with Gasteiger partial charge in [0, 0.05) is 55.2 Å². The Morgan fingerprint density at radius 3 is 1.69 bits per heavy atom. The van der Waals surface area contributed by atoms with E-state index in [9.17, 15) is 0 Å². The van der Waals surface area contributed by atoms with E-state index in [-0.39, 0.29) is 27.9 Å². The van der Waals surface area contributed by atoms with Crippen LogP contribution in [0.2, 0.25) is 0 Å². The van der Waals surface area contributed by atoms with Crippen molar-refractivity contribution in [1.29, 1.82) is 0 Å². The molecule has 0 radical (unpaired) electrons. The van der Waals surface area contributed by atoms with Gasteiger partial charge >= 0.3 is 0 Å². The molecule has 0 N–H and O–H groups in total. The average molecular weight is 810 g/mol. The molecular formula is C42H29BN5Pt-3. The van der Waals surface area contributed by atoms with E-state index in [2.05, 4.69) is 174 Å². The van der Waals surface area contributed by atoms with Gasteiger partial charge in [0.1, 0.15) is 0 Å². The van der Waals surface area contributed by atoms with Crippen LogP contribution in [0, 0.1) is 32.6 Å². The Bertz CT molecular complexity index is 2400. The van der Waals surface area contributed by atoms with E-state index >= 15 is 0 Å². The van der Waals surface area contributed by atoms with Gasteiger partial charge in [0.25, 0.3) is 6.85 Å². The van der Waals surface area contributed by atoms with Gasteiger partial charge in [-0.25, -0.2) is 0 Å². The van der Waals surface area contributed by atoms with Crippen LogP contribution in [0.3, 0.4) is 0 Å². The fraction of sp³-hybridized carbons (Fsp3) is 0.0476. The third-order valence-electron chi connectivity index (χ3n) is 9.80. The Morgan fingerprint density at radius 1 is 0.551 bits per heavy atom. The second kappa shape index (κ2) is 11.4. The number of nitrogens with zero attached hydrogens (tertiary/aromatic N) is 5. The van der Waals surface area contributed by atoms with E-state index in [0.29, 0.717) is 0 Å². The minimum atomic E-state index is -0.139. The van der Waals surface area contributed by atoms with Crippen molar-refractivity contribution in [3.05, 3.63) is 164 Å². The topological polar surface area (TPSA) is 27.5 Å². The molecule has 5 nitrogen and oxygen atoms in total. The molecule has 3 aliphatic rings. The fourth-order valence-corrected chi connectivity index (χ4v) is 7.77. The molecule has 0 fully saturated rings. The van der Waals surface area contributed by atoms with Crippen molar-refractivity contribution in [3.63, 3.8) is 0 Å². The molecule has 1 aromatic heterocycles. The Balaban J connectivity index is 0.00000325. The van der Waals surface area contributed by atoms with Gasteiger partial charge in [-0.2, -0.15) is 40.3 Å². The molecule has 0 spiro atoms. The van der Waals surface area contributed by atoms with Crippen LogP contribution < -0.4 is 25.5 Å². The number of fused-ring (bicyclic) bond motifs is 12. The van der Waals surface area contributed by atoms with Crippen LogP contribution >= 0.6 is 0 Å². The summed E-state index contributed by atoms with van der Waals surface area (Å²) >= 11 is 0. The van der Waals surface area contributed by atoms with Crippen molar-refractivity contribution < 1.29 is 21.1 Å². The van der Waals surface area contributed by atoms with Crippen molar-refractivity contribution in [1.82, 2.24) is 9.78 Å². The van der Waals surface area contributed by atoms with E-state index in [4.69, 9.17) is 5.10 Å². The predicted octanol–water partition coefficient (Wildman–Crippen LogP) is 8.40. The summed E-state index contributed by atoms with van der Waals surface area (Å²) in [6.07, 6.45) is 0. The predicted molar refractivity (Wildman–Crippen MR) is 197 cm³/mol. The standard InChI is InChI=1S/C42H29BN5.Pt/c1-28-24-29(2)48(44-28)32-21-23-34-36-15-7-9-17-40(36)47-39-16-8-6-14-35(39)33-22-20-31(25-37(33)43(47)38(34)26-32)46-27-45(30-12-4-3-5-13-30)41-18-10-11-19-42(41)46;/h3-24,27H,1-2H3;/q-3;. The van der Waals surface area contributed by atoms with E-state index in [1.807, 2.05) is 11.6 Å². The largest absolute Gasteiger partial charge is 0.493 e. The zero-order valence-electron chi connectivity index (χ0n) is 26.9. The van der Waals surface area contributed by atoms with Gasteiger partial charge in [0.2, 0.25) is 0 Å². The van der Waals surface area contributed by atoms with Crippen LogP contribution in [-0.4, -0.2) is 16.6 Å². The first kappa shape index (κ1) is 29.8. The SMILES string of the molecule is Cc1cc(C)n(-c2[c-]c3c(cc2)-c2ccccc2N2B3c3[c-]c(N4[CH-]N(c5ccccc5)c5ccccc54)ccc3-c3ccccc32)n1.[Pt]. The minimum absolute atomic E-state index is 0. The van der Waals surface area contributed by atoms with Crippen LogP contribution in [0.15, 0.2) is 133 Å². The van der Waals surface area contributed by atoms with Gasteiger partial charge in [0.15, 0.2) is 0 Å². The van der Waals surface area contributed by atoms with Crippen molar-refractivity contribution in [2.75, 3.05) is 14.6 Å². The summed E-state index contributed by atoms with van der Waals surface area (Å²) in [6, 6.07) is 55.5. The molecule has 3 aliphatic heterocycles. The molecule has 6 aromatic carbocycles. The van der Waals surface area contributed by atoms with Crippen LogP contribution in [0.4, 0.5) is 34.1 Å². The Morgan fingerprint density at radius 2 is 1.08 bits per heavy atom. The van der Waals surface area contributed by atoms with Crippen LogP contribution in [-0.2, 0) is 21.1 Å². The maximum absolute atomic E-state index is 4.83. The van der Waals surface area contributed by atoms with E-state index in [1.54, 1.807) is 0 Å². The van der Waals surface area contributed by atoms with E-state index < -0.39 is 0 Å². The van der Waals surface area contributed by atoms with Gasteiger partial charge in [0.05, 0.1) is 5.69 Å². The summed E-state index contributed by atoms with van der Waals surface area (Å²) in [5.74, 6) is 0. The van der Waals surface area contributed by atoms with Crippen molar-refractivity contribution in [2.24, 2.45) is 0 Å². The molecule has 0 aliphatic carbocycles. The number of para-hydroxylation sites is 5. The summed E-state index contributed by atoms with van der Waals surface area (Å²) < 4.78 is 2.01. The van der Waals surface area contributed by atoms with Gasteiger partial charge in [-0.3, -0.25) is 4.68 Å². The first-order valence-electron chi connectivity index (χ1n) is 16.4. The van der Waals surface area contributed by atoms with Crippen molar-refractivity contribution in [2.45, 2.75) is 13.8 Å². The Labute approximate surface area is 301 Å². The number of benzene rings is 6. The second-order valence-electron chi connectivity index (χ2n) is 12.7. The molecule has 10 rings (SSSR count). The van der Waals surface area contributed by atoms with E-state index in [0.717, 1.165) is 50.8 Å². The summed E-state index contributed by atoms with van der Waals surface area (Å²) in [7, 11) is 0. The van der Waals surface area contributed by atoms with Crippen molar-refractivity contribution >= 4 is 51.9 Å². The molecule has 0 saturated heterocycles. The molecular weight excluding hydrogens is 780 g/mol. The van der Waals surface area contributed by atoms with E-state index in [1.165, 1.54) is 33.6 Å². The minimum Gasteiger partial charge on any atom is -0.493 e. The van der Waals surface area contributed by atoms with Crippen LogP contribution in [0.1, 0.15) is 11.4 Å². The summed E-state index contributed by atoms with van der Waals surface area (Å²) in [4.78, 5) is 7.01. The molecule has 0 saturated carbocycles. The normalized spacial score (nSPS) is 13.5. The summed E-state index contributed by atoms with van der Waals surface area (Å²) in [5, 5.41) is 4.83. The monoisotopic (exact) mass is 809 g/mol. The van der Waals surface area contributed by atoms with Crippen molar-refractivity contribution in [3.8, 4) is 27.9 Å². The Hall–Kier alpha value is -5.32. The maximum Gasteiger partial charge on any atom is 0.278 e. The smallest absolute Gasteiger partial charge is 0.278 e. The van der Waals surface area contributed by atoms with Gasteiger partial charge in [-0.05, 0) is 62.0 Å². The van der Waals surface area contributed by atoms with Gasteiger partial charge < -0.3 is 14.6 Å². The molecule has 0 bridgehead atoms. The quantitative estimate of drug-likeness (QED) is 0.133. The molecule has 7 aromatic rings. The zero-order chi connectivity index (χ0) is 31.9. The molecule has 0 atom stereocenters. The maximum atomic E-state index is 4.83. The molecule has 238 valence electrons. The summed E-state index contributed by atoms with van der Waals surface area (Å²) in [6.45, 7) is 6.19. The number of hydrogen-bond donors (Lipinski definition) is 0. The molecule has 7 heteroatoms. The summed E-state index contributed by atoms with van der Waals surface area (Å²) in [5.41, 5.74) is 16.8. The number of aromatic nitrogens is 2. The van der Waals surface area contributed by atoms with Gasteiger partial charge in [-0.15, -0.1) is 35.6 Å². The zero-order valence-corrected chi connectivity index (χ0v) is 29.2. The van der Waals surface area contributed by atoms with Gasteiger partial charge in [-0.1, -0.05) is 77.9 Å². The third kappa shape index (κ3) is 4.47. The molecule has 4 heterocycles. The first-order valence-corrected chi connectivity index (χ1v) is 16.4. The molecule has 49 heavy (non-hydrogen) atoms.